The first-order valence-electron chi connectivity index (χ1n) is 8.84. The van der Waals surface area contributed by atoms with Gasteiger partial charge in [0.05, 0.1) is 18.2 Å². The summed E-state index contributed by atoms with van der Waals surface area (Å²) in [7, 11) is 0. The molecule has 1 amide bonds. The van der Waals surface area contributed by atoms with E-state index in [0.717, 1.165) is 16.0 Å². The number of thiophene rings is 1. The van der Waals surface area contributed by atoms with Gasteiger partial charge < -0.3 is 10.0 Å². The number of benzene rings is 1. The number of aliphatic hydroxyl groups excluding tert-OH is 1. The van der Waals surface area contributed by atoms with Gasteiger partial charge in [0.25, 0.3) is 11.7 Å². The van der Waals surface area contributed by atoms with Crippen molar-refractivity contribution in [3.8, 4) is 0 Å². The van der Waals surface area contributed by atoms with Gasteiger partial charge in [0.1, 0.15) is 5.76 Å². The number of amides is 1. The first-order valence-corrected chi connectivity index (χ1v) is 9.72. The number of pyridine rings is 1. The second-order valence-electron chi connectivity index (χ2n) is 6.66. The van der Waals surface area contributed by atoms with Crippen molar-refractivity contribution >= 4 is 28.8 Å². The van der Waals surface area contributed by atoms with E-state index >= 15 is 0 Å². The van der Waals surface area contributed by atoms with Gasteiger partial charge in [-0.15, -0.1) is 11.3 Å². The maximum atomic E-state index is 12.9. The summed E-state index contributed by atoms with van der Waals surface area (Å²) in [5.41, 5.74) is 2.38. The number of aliphatic hydroxyl groups is 1. The smallest absolute Gasteiger partial charge is 0.295 e. The zero-order valence-electron chi connectivity index (χ0n) is 15.2. The lowest BCUT2D eigenvalue weighted by atomic mass is 9.94. The monoisotopic (exact) mass is 390 g/mol. The number of nitrogens with zero attached hydrogens (tertiary/aromatic N) is 2. The van der Waals surface area contributed by atoms with Crippen molar-refractivity contribution in [1.29, 1.82) is 0 Å². The van der Waals surface area contributed by atoms with E-state index in [1.54, 1.807) is 24.5 Å². The van der Waals surface area contributed by atoms with Gasteiger partial charge in [-0.25, -0.2) is 0 Å². The Morgan fingerprint density at radius 3 is 2.61 bits per heavy atom. The van der Waals surface area contributed by atoms with E-state index in [2.05, 4.69) is 4.98 Å². The Labute approximate surface area is 166 Å². The highest BCUT2D eigenvalue weighted by Crippen LogP contribution is 2.40. The first kappa shape index (κ1) is 18.1. The summed E-state index contributed by atoms with van der Waals surface area (Å²) in [4.78, 5) is 32.2. The van der Waals surface area contributed by atoms with Crippen LogP contribution in [0.5, 0.6) is 0 Å². The SMILES string of the molecule is Cc1cccc(C2/C(=C(/O)c3ccncc3)C(=O)C(=O)N2Cc2cccs2)c1. The zero-order valence-corrected chi connectivity index (χ0v) is 16.0. The summed E-state index contributed by atoms with van der Waals surface area (Å²) in [6, 6.07) is 14.1. The first-order chi connectivity index (χ1) is 13.6. The average Bonchev–Trinajstić information content (AvgIpc) is 3.30. The lowest BCUT2D eigenvalue weighted by Crippen LogP contribution is -2.28. The molecule has 4 rings (SSSR count). The Bertz CT molecular complexity index is 1060. The number of Topliss-reactive ketones (excluding diaryl/α,β-unsaturated/α-hetero) is 1. The topological polar surface area (TPSA) is 70.5 Å². The number of carbonyl (C=O) groups is 2. The van der Waals surface area contributed by atoms with Crippen LogP contribution in [0.1, 0.15) is 27.6 Å². The molecule has 0 bridgehead atoms. The largest absolute Gasteiger partial charge is 0.507 e. The summed E-state index contributed by atoms with van der Waals surface area (Å²) in [6.45, 7) is 2.27. The van der Waals surface area contributed by atoms with E-state index in [-0.39, 0.29) is 11.3 Å². The fourth-order valence-corrected chi connectivity index (χ4v) is 4.17. The molecule has 1 aliphatic rings. The van der Waals surface area contributed by atoms with E-state index in [1.807, 2.05) is 48.7 Å². The summed E-state index contributed by atoms with van der Waals surface area (Å²) in [5.74, 6) is -1.45. The van der Waals surface area contributed by atoms with E-state index < -0.39 is 17.7 Å². The minimum atomic E-state index is -0.669. The highest BCUT2D eigenvalue weighted by Gasteiger charge is 2.46. The fraction of sp³-hybridized carbons (Fsp3) is 0.136. The van der Waals surface area contributed by atoms with Crippen molar-refractivity contribution in [2.24, 2.45) is 0 Å². The number of ketones is 1. The van der Waals surface area contributed by atoms with E-state index in [0.29, 0.717) is 12.1 Å². The quantitative estimate of drug-likeness (QED) is 0.414. The molecular formula is C22H18N2O3S. The molecule has 28 heavy (non-hydrogen) atoms. The molecular weight excluding hydrogens is 372 g/mol. The van der Waals surface area contributed by atoms with Crippen LogP contribution < -0.4 is 0 Å². The molecule has 140 valence electrons. The van der Waals surface area contributed by atoms with E-state index in [4.69, 9.17) is 0 Å². The van der Waals surface area contributed by atoms with Crippen LogP contribution in [0.25, 0.3) is 5.76 Å². The fourth-order valence-electron chi connectivity index (χ4n) is 3.47. The number of hydrogen-bond donors (Lipinski definition) is 1. The molecule has 1 N–H and O–H groups in total. The third-order valence-electron chi connectivity index (χ3n) is 4.76. The van der Waals surface area contributed by atoms with Gasteiger partial charge in [-0.2, -0.15) is 0 Å². The molecule has 3 heterocycles. The molecule has 1 atom stereocenters. The van der Waals surface area contributed by atoms with Crippen molar-refractivity contribution in [2.45, 2.75) is 19.5 Å². The van der Waals surface area contributed by atoms with Gasteiger partial charge in [-0.05, 0) is 36.1 Å². The van der Waals surface area contributed by atoms with Crippen molar-refractivity contribution in [3.63, 3.8) is 0 Å². The molecule has 5 nitrogen and oxygen atoms in total. The van der Waals surface area contributed by atoms with Crippen LogP contribution in [-0.4, -0.2) is 26.7 Å². The van der Waals surface area contributed by atoms with Gasteiger partial charge in [0, 0.05) is 22.8 Å². The summed E-state index contributed by atoms with van der Waals surface area (Å²) < 4.78 is 0. The van der Waals surface area contributed by atoms with Crippen LogP contribution in [-0.2, 0) is 16.1 Å². The number of aryl methyl sites for hydroxylation is 1. The molecule has 1 fully saturated rings. The summed E-state index contributed by atoms with van der Waals surface area (Å²) in [6.07, 6.45) is 3.08. The molecule has 0 aliphatic carbocycles. The predicted octanol–water partition coefficient (Wildman–Crippen LogP) is 4.07. The van der Waals surface area contributed by atoms with Crippen molar-refractivity contribution in [3.05, 3.63) is 93.4 Å². The average molecular weight is 390 g/mol. The zero-order chi connectivity index (χ0) is 19.7. The van der Waals surface area contributed by atoms with Crippen LogP contribution in [0, 0.1) is 6.92 Å². The van der Waals surface area contributed by atoms with Crippen LogP contribution in [0.4, 0.5) is 0 Å². The predicted molar refractivity (Wildman–Crippen MR) is 108 cm³/mol. The van der Waals surface area contributed by atoms with Crippen LogP contribution in [0.15, 0.2) is 71.9 Å². The van der Waals surface area contributed by atoms with Crippen molar-refractivity contribution in [1.82, 2.24) is 9.88 Å². The highest BCUT2D eigenvalue weighted by molar-refractivity contribution is 7.09. The Hall–Kier alpha value is -3.25. The Balaban J connectivity index is 1.88. The molecule has 1 saturated heterocycles. The van der Waals surface area contributed by atoms with E-state index in [1.165, 1.54) is 16.2 Å². The minimum Gasteiger partial charge on any atom is -0.507 e. The second kappa shape index (κ2) is 7.40. The highest BCUT2D eigenvalue weighted by atomic mass is 32.1. The van der Waals surface area contributed by atoms with Crippen molar-refractivity contribution in [2.75, 3.05) is 0 Å². The van der Waals surface area contributed by atoms with Gasteiger partial charge in [0.2, 0.25) is 0 Å². The summed E-state index contributed by atoms with van der Waals surface area (Å²) >= 11 is 1.53. The number of aromatic nitrogens is 1. The lowest BCUT2D eigenvalue weighted by molar-refractivity contribution is -0.140. The Morgan fingerprint density at radius 2 is 1.93 bits per heavy atom. The molecule has 3 aromatic rings. The lowest BCUT2D eigenvalue weighted by Gasteiger charge is -2.25. The maximum Gasteiger partial charge on any atom is 0.295 e. The maximum absolute atomic E-state index is 12.9. The molecule has 0 spiro atoms. The molecule has 1 unspecified atom stereocenters. The van der Waals surface area contributed by atoms with Gasteiger partial charge in [-0.3, -0.25) is 14.6 Å². The van der Waals surface area contributed by atoms with Crippen molar-refractivity contribution < 1.29 is 14.7 Å². The number of rotatable bonds is 4. The summed E-state index contributed by atoms with van der Waals surface area (Å²) in [5, 5.41) is 12.8. The number of hydrogen-bond acceptors (Lipinski definition) is 5. The molecule has 1 aromatic carbocycles. The van der Waals surface area contributed by atoms with Gasteiger partial charge in [0.15, 0.2) is 0 Å². The molecule has 0 saturated carbocycles. The standard InChI is InChI=1S/C22H18N2O3S/c1-14-4-2-5-16(12-14)19-18(20(25)15-7-9-23-10-8-15)21(26)22(27)24(19)13-17-6-3-11-28-17/h2-12,19,25H,13H2,1H3/b20-18-. The normalized spacial score (nSPS) is 18.6. The van der Waals surface area contributed by atoms with E-state index in [9.17, 15) is 14.7 Å². The second-order valence-corrected chi connectivity index (χ2v) is 7.69. The third kappa shape index (κ3) is 3.23. The Morgan fingerprint density at radius 1 is 1.14 bits per heavy atom. The molecule has 6 heteroatoms. The molecule has 2 aromatic heterocycles. The van der Waals surface area contributed by atoms with Gasteiger partial charge in [-0.1, -0.05) is 35.9 Å². The minimum absolute atomic E-state index is 0.110. The van der Waals surface area contributed by atoms with Crippen LogP contribution >= 0.6 is 11.3 Å². The van der Waals surface area contributed by atoms with Gasteiger partial charge >= 0.3 is 0 Å². The van der Waals surface area contributed by atoms with Crippen LogP contribution in [0.2, 0.25) is 0 Å². The Kier molecular flexibility index (Phi) is 4.79. The van der Waals surface area contributed by atoms with Crippen LogP contribution in [0.3, 0.4) is 0 Å². The molecule has 0 radical (unpaired) electrons. The number of carbonyl (C=O) groups excluding carboxylic acids is 2. The number of likely N-dealkylation sites (tertiary alicyclic amines) is 1. The third-order valence-corrected chi connectivity index (χ3v) is 5.62. The molecule has 1 aliphatic heterocycles.